The third kappa shape index (κ3) is 5.97. The summed E-state index contributed by atoms with van der Waals surface area (Å²) in [5.74, 6) is 0.885. The number of nitrogens with zero attached hydrogens (tertiary/aromatic N) is 3. The maximum absolute atomic E-state index is 12.2. The summed E-state index contributed by atoms with van der Waals surface area (Å²) in [6.07, 6.45) is -1.87. The van der Waals surface area contributed by atoms with Crippen molar-refractivity contribution in [3.05, 3.63) is 36.5 Å². The van der Waals surface area contributed by atoms with Crippen molar-refractivity contribution in [3.8, 4) is 5.75 Å². The summed E-state index contributed by atoms with van der Waals surface area (Å²) in [6.45, 7) is -0.305. The molecule has 2 N–H and O–H groups in total. The number of benzene rings is 1. The number of alkyl halides is 3. The Balaban J connectivity index is 1.55. The molecule has 0 saturated carbocycles. The van der Waals surface area contributed by atoms with Crippen LogP contribution in [0.5, 0.6) is 5.75 Å². The highest BCUT2D eigenvalue weighted by atomic mass is 19.4. The molecule has 0 atom stereocenters. The van der Waals surface area contributed by atoms with Crippen molar-refractivity contribution >= 4 is 23.4 Å². The highest BCUT2D eigenvalue weighted by molar-refractivity contribution is 5.79. The van der Waals surface area contributed by atoms with Gasteiger partial charge < -0.3 is 20.3 Å². The van der Waals surface area contributed by atoms with Gasteiger partial charge in [-0.3, -0.25) is 4.79 Å². The zero-order valence-corrected chi connectivity index (χ0v) is 15.9. The zero-order chi connectivity index (χ0) is 20.9. The lowest BCUT2D eigenvalue weighted by molar-refractivity contribution is -0.141. The van der Waals surface area contributed by atoms with Crippen LogP contribution in [0.3, 0.4) is 0 Å². The van der Waals surface area contributed by atoms with E-state index < -0.39 is 24.5 Å². The largest absolute Gasteiger partial charge is 0.497 e. The summed E-state index contributed by atoms with van der Waals surface area (Å²) in [7, 11) is 1.60. The van der Waals surface area contributed by atoms with Crippen molar-refractivity contribution < 1.29 is 22.7 Å². The van der Waals surface area contributed by atoms with Crippen LogP contribution in [0, 0.1) is 5.92 Å². The van der Waals surface area contributed by atoms with Crippen molar-refractivity contribution in [1.29, 1.82) is 0 Å². The molecule has 1 amide bonds. The molecule has 1 fully saturated rings. The van der Waals surface area contributed by atoms with Crippen molar-refractivity contribution in [2.45, 2.75) is 19.0 Å². The van der Waals surface area contributed by atoms with Crippen molar-refractivity contribution in [2.75, 3.05) is 37.0 Å². The molecule has 1 aromatic carbocycles. The van der Waals surface area contributed by atoms with E-state index in [2.05, 4.69) is 15.3 Å². The van der Waals surface area contributed by atoms with Gasteiger partial charge in [-0.1, -0.05) is 0 Å². The fourth-order valence-corrected chi connectivity index (χ4v) is 3.07. The van der Waals surface area contributed by atoms with Gasteiger partial charge in [0, 0.05) is 30.9 Å². The molecule has 1 saturated heterocycles. The second kappa shape index (κ2) is 8.97. The molecule has 7 nitrogen and oxygen atoms in total. The van der Waals surface area contributed by atoms with Gasteiger partial charge in [-0.15, -0.1) is 0 Å². The predicted octanol–water partition coefficient (Wildman–Crippen LogP) is 3.12. The fraction of sp³-hybridized carbons (Fsp3) is 0.421. The number of halogens is 3. The Bertz CT molecular complexity index is 821. The van der Waals surface area contributed by atoms with Gasteiger partial charge in [-0.2, -0.15) is 18.2 Å². The number of rotatable bonds is 6. The number of ether oxygens (including phenoxy) is 1. The SMILES string of the molecule is COc1ccc(Nc2ccnc(N3CCC(C(=O)NCC(F)(F)F)CC3)n2)cc1. The van der Waals surface area contributed by atoms with Crippen molar-refractivity contribution in [3.63, 3.8) is 0 Å². The Morgan fingerprint density at radius 1 is 1.21 bits per heavy atom. The van der Waals surface area contributed by atoms with Gasteiger partial charge in [-0.05, 0) is 43.2 Å². The van der Waals surface area contributed by atoms with Gasteiger partial charge >= 0.3 is 6.18 Å². The number of carbonyl (C=O) groups excluding carboxylic acids is 1. The topological polar surface area (TPSA) is 79.4 Å². The Morgan fingerprint density at radius 3 is 2.52 bits per heavy atom. The summed E-state index contributed by atoms with van der Waals surface area (Å²) < 4.78 is 41.9. The van der Waals surface area contributed by atoms with E-state index in [9.17, 15) is 18.0 Å². The standard InChI is InChI=1S/C19H22F3N5O2/c1-29-15-4-2-14(3-5-15)25-16-6-9-23-18(26-16)27-10-7-13(8-11-27)17(28)24-12-19(20,21)22/h2-6,9,13H,7-8,10-12H2,1H3,(H,24,28)(H,23,25,26). The molecule has 156 valence electrons. The number of amides is 1. The number of anilines is 3. The van der Waals surface area contributed by atoms with Crippen LogP contribution in [0.15, 0.2) is 36.5 Å². The predicted molar refractivity (Wildman–Crippen MR) is 102 cm³/mol. The smallest absolute Gasteiger partial charge is 0.405 e. The molecule has 0 spiro atoms. The first-order valence-corrected chi connectivity index (χ1v) is 9.17. The minimum absolute atomic E-state index is 0.436. The molecule has 3 rings (SSSR count). The van der Waals surface area contributed by atoms with Crippen LogP contribution in [-0.4, -0.2) is 48.8 Å². The highest BCUT2D eigenvalue weighted by Crippen LogP contribution is 2.24. The molecule has 1 aliphatic rings. The molecule has 29 heavy (non-hydrogen) atoms. The van der Waals surface area contributed by atoms with Gasteiger partial charge in [0.15, 0.2) is 0 Å². The lowest BCUT2D eigenvalue weighted by Crippen LogP contribution is -2.43. The summed E-state index contributed by atoms with van der Waals surface area (Å²) >= 11 is 0. The van der Waals surface area contributed by atoms with E-state index >= 15 is 0 Å². The normalized spacial score (nSPS) is 15.1. The Morgan fingerprint density at radius 2 is 1.90 bits per heavy atom. The first-order chi connectivity index (χ1) is 13.8. The molecule has 0 bridgehead atoms. The number of aromatic nitrogens is 2. The van der Waals surface area contributed by atoms with Gasteiger partial charge in [0.25, 0.3) is 0 Å². The van der Waals surface area contributed by atoms with Crippen molar-refractivity contribution in [2.24, 2.45) is 5.92 Å². The van der Waals surface area contributed by atoms with Crippen LogP contribution in [0.1, 0.15) is 12.8 Å². The van der Waals surface area contributed by atoms with Crippen LogP contribution in [0.2, 0.25) is 0 Å². The second-order valence-electron chi connectivity index (χ2n) is 6.69. The molecular formula is C19H22F3N5O2. The first-order valence-electron chi connectivity index (χ1n) is 9.17. The van der Waals surface area contributed by atoms with Crippen LogP contribution in [0.25, 0.3) is 0 Å². The highest BCUT2D eigenvalue weighted by Gasteiger charge is 2.31. The quantitative estimate of drug-likeness (QED) is 0.763. The van der Waals surface area contributed by atoms with Gasteiger partial charge in [0.1, 0.15) is 18.1 Å². The summed E-state index contributed by atoms with van der Waals surface area (Å²) in [6, 6.07) is 9.14. The monoisotopic (exact) mass is 409 g/mol. The van der Waals surface area contributed by atoms with E-state index in [-0.39, 0.29) is 0 Å². The average molecular weight is 409 g/mol. The van der Waals surface area contributed by atoms with Crippen LogP contribution in [0.4, 0.5) is 30.6 Å². The fourth-order valence-electron chi connectivity index (χ4n) is 3.07. The maximum atomic E-state index is 12.2. The number of hydrogen-bond acceptors (Lipinski definition) is 6. The third-order valence-corrected chi connectivity index (χ3v) is 4.62. The Labute approximate surface area is 166 Å². The van der Waals surface area contributed by atoms with Crippen LogP contribution < -0.4 is 20.3 Å². The van der Waals surface area contributed by atoms with Gasteiger partial charge in [0.05, 0.1) is 7.11 Å². The molecule has 0 aliphatic carbocycles. The average Bonchev–Trinajstić information content (AvgIpc) is 2.72. The van der Waals surface area contributed by atoms with Crippen LogP contribution in [-0.2, 0) is 4.79 Å². The number of nitrogens with one attached hydrogen (secondary N) is 2. The minimum atomic E-state index is -4.40. The van der Waals surface area contributed by atoms with Gasteiger partial charge in [0.2, 0.25) is 11.9 Å². The molecule has 1 aromatic heterocycles. The van der Waals surface area contributed by atoms with Gasteiger partial charge in [-0.25, -0.2) is 4.98 Å². The molecular weight excluding hydrogens is 387 g/mol. The van der Waals surface area contributed by atoms with Crippen LogP contribution >= 0.6 is 0 Å². The number of methoxy groups -OCH3 is 1. The number of hydrogen-bond donors (Lipinski definition) is 2. The molecule has 0 radical (unpaired) electrons. The summed E-state index contributed by atoms with van der Waals surface area (Å²) in [4.78, 5) is 22.6. The lowest BCUT2D eigenvalue weighted by atomic mass is 9.96. The minimum Gasteiger partial charge on any atom is -0.497 e. The second-order valence-corrected chi connectivity index (χ2v) is 6.69. The zero-order valence-electron chi connectivity index (χ0n) is 15.9. The molecule has 10 heteroatoms. The number of piperidine rings is 1. The third-order valence-electron chi connectivity index (χ3n) is 4.62. The summed E-state index contributed by atoms with van der Waals surface area (Å²) in [5.41, 5.74) is 0.843. The maximum Gasteiger partial charge on any atom is 0.405 e. The molecule has 2 aromatic rings. The van der Waals surface area contributed by atoms with Crippen molar-refractivity contribution in [1.82, 2.24) is 15.3 Å². The van der Waals surface area contributed by atoms with E-state index in [0.717, 1.165) is 11.4 Å². The van der Waals surface area contributed by atoms with E-state index in [1.54, 1.807) is 19.4 Å². The first kappa shape index (κ1) is 20.7. The van der Waals surface area contributed by atoms with E-state index in [0.29, 0.717) is 37.7 Å². The Hall–Kier alpha value is -3.04. The van der Waals surface area contributed by atoms with E-state index in [1.165, 1.54) is 0 Å². The molecule has 0 unspecified atom stereocenters. The Kier molecular flexibility index (Phi) is 6.40. The molecule has 1 aliphatic heterocycles. The lowest BCUT2D eigenvalue weighted by Gasteiger charge is -2.31. The summed E-state index contributed by atoms with van der Waals surface area (Å²) in [5, 5.41) is 5.15. The number of carbonyl (C=O) groups is 1. The molecule has 2 heterocycles. The van der Waals surface area contributed by atoms with E-state index in [4.69, 9.17) is 4.74 Å². The van der Waals surface area contributed by atoms with E-state index in [1.807, 2.05) is 34.5 Å².